The normalized spacial score (nSPS) is 25.7. The predicted octanol–water partition coefficient (Wildman–Crippen LogP) is 3.65. The molecule has 1 saturated carbocycles. The molecule has 0 aromatic rings. The van der Waals surface area contributed by atoms with E-state index >= 15 is 0 Å². The van der Waals surface area contributed by atoms with Crippen molar-refractivity contribution in [3.63, 3.8) is 0 Å². The van der Waals surface area contributed by atoms with Crippen LogP contribution in [0.4, 0.5) is 0 Å². The standard InChI is InChI=1S/C21H40N2O3/c1-6-8-16(13-23-18(7-2)21(22)25)12-20(24)26-19-11-15(5)9-10-17(19)14(3)4/h14-19,23H,6-13H2,1-5H3,(H2,22,25)/t15?,16?,17?,18-,19?/m0/s1. The first-order valence-electron chi connectivity index (χ1n) is 10.5. The van der Waals surface area contributed by atoms with Crippen molar-refractivity contribution in [2.45, 2.75) is 91.7 Å². The van der Waals surface area contributed by atoms with Gasteiger partial charge >= 0.3 is 5.97 Å². The lowest BCUT2D eigenvalue weighted by Gasteiger charge is -2.37. The Morgan fingerprint density at radius 1 is 1.23 bits per heavy atom. The Bertz CT molecular complexity index is 439. The number of carbonyl (C=O) groups is 2. The summed E-state index contributed by atoms with van der Waals surface area (Å²) in [4.78, 5) is 24.0. The van der Waals surface area contributed by atoms with E-state index in [-0.39, 0.29) is 29.9 Å². The predicted molar refractivity (Wildman–Crippen MR) is 106 cm³/mol. The summed E-state index contributed by atoms with van der Waals surface area (Å²) >= 11 is 0. The van der Waals surface area contributed by atoms with Crippen LogP contribution in [0.15, 0.2) is 0 Å². The molecule has 1 amide bonds. The van der Waals surface area contributed by atoms with E-state index in [0.29, 0.717) is 37.1 Å². The van der Waals surface area contributed by atoms with Crippen molar-refractivity contribution in [1.29, 1.82) is 0 Å². The number of nitrogens with one attached hydrogen (secondary N) is 1. The molecule has 0 aliphatic heterocycles. The second-order valence-electron chi connectivity index (χ2n) is 8.48. The maximum atomic E-state index is 12.6. The third-order valence-corrected chi connectivity index (χ3v) is 5.80. The molecule has 5 nitrogen and oxygen atoms in total. The van der Waals surface area contributed by atoms with Crippen molar-refractivity contribution < 1.29 is 14.3 Å². The van der Waals surface area contributed by atoms with E-state index in [2.05, 4.69) is 33.0 Å². The fourth-order valence-corrected chi connectivity index (χ4v) is 4.14. The summed E-state index contributed by atoms with van der Waals surface area (Å²) in [5.74, 6) is 1.38. The quantitative estimate of drug-likeness (QED) is 0.545. The molecule has 0 aromatic heterocycles. The number of rotatable bonds is 11. The average molecular weight is 369 g/mol. The minimum atomic E-state index is -0.332. The van der Waals surface area contributed by atoms with Gasteiger partial charge in [0.05, 0.1) is 6.04 Å². The van der Waals surface area contributed by atoms with E-state index in [0.717, 1.165) is 25.7 Å². The Balaban J connectivity index is 2.58. The third kappa shape index (κ3) is 7.65. The molecule has 1 fully saturated rings. The van der Waals surface area contributed by atoms with Crippen LogP contribution in [-0.2, 0) is 14.3 Å². The number of primary amides is 1. The highest BCUT2D eigenvalue weighted by Gasteiger charge is 2.33. The lowest BCUT2D eigenvalue weighted by atomic mass is 9.75. The maximum absolute atomic E-state index is 12.6. The molecule has 152 valence electrons. The molecule has 4 unspecified atom stereocenters. The number of carbonyl (C=O) groups excluding carboxylic acids is 2. The molecule has 0 radical (unpaired) electrons. The van der Waals surface area contributed by atoms with Crippen molar-refractivity contribution in [1.82, 2.24) is 5.32 Å². The zero-order valence-electron chi connectivity index (χ0n) is 17.4. The van der Waals surface area contributed by atoms with E-state index in [1.165, 1.54) is 6.42 Å². The van der Waals surface area contributed by atoms with Crippen molar-refractivity contribution >= 4 is 11.9 Å². The molecule has 0 bridgehead atoms. The third-order valence-electron chi connectivity index (χ3n) is 5.80. The molecule has 0 aromatic carbocycles. The van der Waals surface area contributed by atoms with Gasteiger partial charge in [0.15, 0.2) is 0 Å². The number of hydrogen-bond acceptors (Lipinski definition) is 4. The second kappa shape index (κ2) is 11.6. The smallest absolute Gasteiger partial charge is 0.306 e. The van der Waals surface area contributed by atoms with Crippen LogP contribution in [0.25, 0.3) is 0 Å². The van der Waals surface area contributed by atoms with Gasteiger partial charge in [-0.1, -0.05) is 47.5 Å². The summed E-state index contributed by atoms with van der Waals surface area (Å²) in [6.07, 6.45) is 6.41. The monoisotopic (exact) mass is 368 g/mol. The first-order valence-corrected chi connectivity index (χ1v) is 10.5. The molecule has 5 atom stereocenters. The van der Waals surface area contributed by atoms with E-state index in [4.69, 9.17) is 10.5 Å². The van der Waals surface area contributed by atoms with Crippen LogP contribution in [0.2, 0.25) is 0 Å². The zero-order valence-corrected chi connectivity index (χ0v) is 17.4. The molecule has 0 saturated heterocycles. The van der Waals surface area contributed by atoms with Crippen LogP contribution < -0.4 is 11.1 Å². The van der Waals surface area contributed by atoms with Gasteiger partial charge in [0.1, 0.15) is 6.10 Å². The van der Waals surface area contributed by atoms with Gasteiger partial charge in [0.25, 0.3) is 0 Å². The summed E-state index contributed by atoms with van der Waals surface area (Å²) in [5, 5.41) is 3.21. The fourth-order valence-electron chi connectivity index (χ4n) is 4.14. The Labute approximate surface area is 159 Å². The Hall–Kier alpha value is -1.10. The van der Waals surface area contributed by atoms with Crippen LogP contribution in [0.3, 0.4) is 0 Å². The molecule has 0 spiro atoms. The molecule has 26 heavy (non-hydrogen) atoms. The summed E-state index contributed by atoms with van der Waals surface area (Å²) in [6.45, 7) is 11.4. The highest BCUT2D eigenvalue weighted by atomic mass is 16.5. The minimum Gasteiger partial charge on any atom is -0.462 e. The van der Waals surface area contributed by atoms with Crippen LogP contribution in [0, 0.1) is 23.7 Å². The Morgan fingerprint density at radius 2 is 1.92 bits per heavy atom. The van der Waals surface area contributed by atoms with E-state index < -0.39 is 0 Å². The van der Waals surface area contributed by atoms with Gasteiger partial charge in [-0.2, -0.15) is 0 Å². The average Bonchev–Trinajstić information content (AvgIpc) is 2.54. The summed E-state index contributed by atoms with van der Waals surface area (Å²) in [7, 11) is 0. The molecule has 5 heteroatoms. The minimum absolute atomic E-state index is 0.0514. The van der Waals surface area contributed by atoms with Gasteiger partial charge in [0, 0.05) is 6.42 Å². The molecule has 3 N–H and O–H groups in total. The summed E-state index contributed by atoms with van der Waals surface area (Å²) in [5.41, 5.74) is 5.40. The number of amides is 1. The van der Waals surface area contributed by atoms with Crippen molar-refractivity contribution in [2.24, 2.45) is 29.4 Å². The molecule has 1 aliphatic rings. The van der Waals surface area contributed by atoms with Crippen LogP contribution in [-0.4, -0.2) is 30.6 Å². The maximum Gasteiger partial charge on any atom is 0.306 e. The first-order chi connectivity index (χ1) is 12.3. The largest absolute Gasteiger partial charge is 0.462 e. The Morgan fingerprint density at radius 3 is 2.46 bits per heavy atom. The molecular weight excluding hydrogens is 328 g/mol. The van der Waals surface area contributed by atoms with Crippen molar-refractivity contribution in [3.05, 3.63) is 0 Å². The Kier molecular flexibility index (Phi) is 10.2. The summed E-state index contributed by atoms with van der Waals surface area (Å²) in [6, 6.07) is -0.324. The topological polar surface area (TPSA) is 81.4 Å². The van der Waals surface area contributed by atoms with Gasteiger partial charge in [0.2, 0.25) is 5.91 Å². The fraction of sp³-hybridized carbons (Fsp3) is 0.905. The lowest BCUT2D eigenvalue weighted by Crippen LogP contribution is -2.43. The number of nitrogens with two attached hydrogens (primary N) is 1. The van der Waals surface area contributed by atoms with E-state index in [1.54, 1.807) is 0 Å². The molecule has 1 rings (SSSR count). The van der Waals surface area contributed by atoms with Crippen LogP contribution in [0.1, 0.15) is 79.6 Å². The van der Waals surface area contributed by atoms with Crippen molar-refractivity contribution in [2.75, 3.05) is 6.54 Å². The van der Waals surface area contributed by atoms with E-state index in [1.807, 2.05) is 6.92 Å². The van der Waals surface area contributed by atoms with Gasteiger partial charge in [-0.25, -0.2) is 0 Å². The lowest BCUT2D eigenvalue weighted by molar-refractivity contribution is -0.157. The number of hydrogen-bond donors (Lipinski definition) is 2. The highest BCUT2D eigenvalue weighted by molar-refractivity contribution is 5.79. The highest BCUT2D eigenvalue weighted by Crippen LogP contribution is 2.35. The SMILES string of the molecule is CCCC(CN[C@@H](CC)C(N)=O)CC(=O)OC1CC(C)CCC1C(C)C. The first kappa shape index (κ1) is 22.9. The zero-order chi connectivity index (χ0) is 19.7. The second-order valence-corrected chi connectivity index (χ2v) is 8.48. The molecular formula is C21H40N2O3. The van der Waals surface area contributed by atoms with Crippen LogP contribution in [0.5, 0.6) is 0 Å². The number of ether oxygens (including phenoxy) is 1. The van der Waals surface area contributed by atoms with Gasteiger partial charge < -0.3 is 15.8 Å². The molecule has 1 aliphatic carbocycles. The number of esters is 1. The van der Waals surface area contributed by atoms with E-state index in [9.17, 15) is 9.59 Å². The summed E-state index contributed by atoms with van der Waals surface area (Å²) < 4.78 is 5.93. The van der Waals surface area contributed by atoms with Gasteiger partial charge in [-0.3, -0.25) is 9.59 Å². The van der Waals surface area contributed by atoms with Crippen LogP contribution >= 0.6 is 0 Å². The van der Waals surface area contributed by atoms with Crippen molar-refractivity contribution in [3.8, 4) is 0 Å². The van der Waals surface area contributed by atoms with Gasteiger partial charge in [-0.15, -0.1) is 0 Å². The molecule has 0 heterocycles. The van der Waals surface area contributed by atoms with Gasteiger partial charge in [-0.05, 0) is 55.9 Å².